The molecule has 0 aliphatic rings. The van der Waals surface area contributed by atoms with Crippen molar-refractivity contribution in [2.45, 2.75) is 18.7 Å². The monoisotopic (exact) mass is 383 g/mol. The van der Waals surface area contributed by atoms with E-state index in [-0.39, 0.29) is 0 Å². The summed E-state index contributed by atoms with van der Waals surface area (Å²) in [4.78, 5) is 0.385. The fraction of sp³-hybridized carbons (Fsp3) is 0.500. The number of methoxy groups -OCH3 is 1. The first-order chi connectivity index (χ1) is 8.34. The van der Waals surface area contributed by atoms with Crippen molar-refractivity contribution in [3.05, 3.63) is 23.3 Å². The zero-order valence-corrected chi connectivity index (χ0v) is 14.0. The molecule has 0 atom stereocenters. The molecule has 0 bridgehead atoms. The second kappa shape index (κ2) is 6.21. The van der Waals surface area contributed by atoms with Crippen molar-refractivity contribution in [1.82, 2.24) is 4.31 Å². The minimum atomic E-state index is -3.41. The van der Waals surface area contributed by atoms with Gasteiger partial charge in [-0.25, -0.2) is 12.7 Å². The first kappa shape index (κ1) is 15.7. The van der Waals surface area contributed by atoms with E-state index in [1.54, 1.807) is 40.1 Å². The van der Waals surface area contributed by atoms with Gasteiger partial charge in [0.15, 0.2) is 0 Å². The molecule has 1 aromatic carbocycles. The van der Waals surface area contributed by atoms with Gasteiger partial charge in [0.2, 0.25) is 10.0 Å². The smallest absolute Gasteiger partial charge is 0.243 e. The molecule has 0 aromatic heterocycles. The summed E-state index contributed by atoms with van der Waals surface area (Å²) < 4.78 is 32.2. The number of rotatable bonds is 5. The van der Waals surface area contributed by atoms with Gasteiger partial charge in [0, 0.05) is 18.0 Å². The Morgan fingerprint density at radius 2 is 1.78 bits per heavy atom. The van der Waals surface area contributed by atoms with Crippen molar-refractivity contribution in [2.24, 2.45) is 0 Å². The van der Waals surface area contributed by atoms with Crippen LogP contribution in [0.15, 0.2) is 17.0 Å². The number of sulfonamides is 1. The number of benzene rings is 1. The van der Waals surface area contributed by atoms with E-state index in [0.717, 1.165) is 4.43 Å². The van der Waals surface area contributed by atoms with Gasteiger partial charge in [0.1, 0.15) is 5.75 Å². The summed E-state index contributed by atoms with van der Waals surface area (Å²) in [6.07, 6.45) is 0. The van der Waals surface area contributed by atoms with Crippen LogP contribution in [-0.4, -0.2) is 37.9 Å². The molecule has 0 saturated heterocycles. The minimum Gasteiger partial charge on any atom is -0.497 e. The van der Waals surface area contributed by atoms with E-state index in [1.165, 1.54) is 4.31 Å². The number of hydrogen-bond donors (Lipinski definition) is 0. The van der Waals surface area contributed by atoms with Crippen LogP contribution in [0.3, 0.4) is 0 Å². The maximum atomic E-state index is 12.4. The number of nitrogens with zero attached hydrogens (tertiary/aromatic N) is 1. The molecular formula is C12H18INO3S. The first-order valence-corrected chi connectivity index (χ1v) is 8.48. The topological polar surface area (TPSA) is 46.6 Å². The van der Waals surface area contributed by atoms with Crippen LogP contribution in [-0.2, 0) is 10.0 Å². The fourth-order valence-electron chi connectivity index (χ4n) is 1.83. The number of aryl methyl sites for hydroxylation is 2. The van der Waals surface area contributed by atoms with Crippen molar-refractivity contribution in [2.75, 3.05) is 25.1 Å². The van der Waals surface area contributed by atoms with E-state index in [2.05, 4.69) is 22.6 Å². The lowest BCUT2D eigenvalue weighted by atomic mass is 10.1. The summed E-state index contributed by atoms with van der Waals surface area (Å²) in [6.45, 7) is 4.09. The van der Waals surface area contributed by atoms with E-state index < -0.39 is 10.0 Å². The third-order valence-electron chi connectivity index (χ3n) is 2.74. The first-order valence-electron chi connectivity index (χ1n) is 5.52. The van der Waals surface area contributed by atoms with Crippen molar-refractivity contribution in [1.29, 1.82) is 0 Å². The molecule has 0 spiro atoms. The molecule has 0 aliphatic carbocycles. The van der Waals surface area contributed by atoms with Crippen LogP contribution in [0, 0.1) is 13.8 Å². The zero-order chi connectivity index (χ0) is 13.9. The molecule has 102 valence electrons. The van der Waals surface area contributed by atoms with Crippen LogP contribution in [0.1, 0.15) is 11.1 Å². The Kier molecular flexibility index (Phi) is 5.42. The van der Waals surface area contributed by atoms with Crippen LogP contribution in [0.25, 0.3) is 0 Å². The molecule has 0 saturated carbocycles. The summed E-state index contributed by atoms with van der Waals surface area (Å²) in [5, 5.41) is 0. The third kappa shape index (κ3) is 3.16. The van der Waals surface area contributed by atoms with Gasteiger partial charge in [0.25, 0.3) is 0 Å². The van der Waals surface area contributed by atoms with E-state index in [0.29, 0.717) is 28.3 Å². The highest BCUT2D eigenvalue weighted by molar-refractivity contribution is 14.1. The van der Waals surface area contributed by atoms with Crippen molar-refractivity contribution >= 4 is 32.6 Å². The minimum absolute atomic E-state index is 0.385. The molecule has 18 heavy (non-hydrogen) atoms. The van der Waals surface area contributed by atoms with Crippen molar-refractivity contribution in [3.8, 4) is 5.75 Å². The number of ether oxygens (including phenoxy) is 1. The largest absolute Gasteiger partial charge is 0.497 e. The highest BCUT2D eigenvalue weighted by Crippen LogP contribution is 2.27. The van der Waals surface area contributed by atoms with Gasteiger partial charge in [-0.15, -0.1) is 0 Å². The van der Waals surface area contributed by atoms with Crippen LogP contribution in [0.2, 0.25) is 0 Å². The van der Waals surface area contributed by atoms with Crippen LogP contribution < -0.4 is 4.74 Å². The van der Waals surface area contributed by atoms with E-state index >= 15 is 0 Å². The maximum Gasteiger partial charge on any atom is 0.243 e. The predicted octanol–water partition coefficient (Wildman–Crippen LogP) is 2.37. The lowest BCUT2D eigenvalue weighted by Crippen LogP contribution is -2.29. The van der Waals surface area contributed by atoms with Crippen LogP contribution >= 0.6 is 22.6 Å². The summed E-state index contributed by atoms with van der Waals surface area (Å²) in [5.74, 6) is 0.681. The van der Waals surface area contributed by atoms with E-state index in [9.17, 15) is 8.42 Å². The van der Waals surface area contributed by atoms with Gasteiger partial charge in [-0.3, -0.25) is 0 Å². The summed E-state index contributed by atoms with van der Waals surface area (Å²) in [6, 6.07) is 3.50. The zero-order valence-electron chi connectivity index (χ0n) is 11.0. The molecule has 0 amide bonds. The van der Waals surface area contributed by atoms with Crippen LogP contribution in [0.5, 0.6) is 5.75 Å². The second-order valence-electron chi connectivity index (χ2n) is 4.11. The average molecular weight is 383 g/mol. The summed E-state index contributed by atoms with van der Waals surface area (Å²) >= 11 is 2.16. The van der Waals surface area contributed by atoms with Gasteiger partial charge < -0.3 is 4.74 Å². The normalized spacial score (nSPS) is 11.9. The average Bonchev–Trinajstić information content (AvgIpc) is 2.27. The number of halogens is 1. The van der Waals surface area contributed by atoms with Gasteiger partial charge in [-0.05, 0) is 37.1 Å². The SMILES string of the molecule is COc1cc(C)c(S(=O)(=O)N(C)CCI)c(C)c1. The lowest BCUT2D eigenvalue weighted by Gasteiger charge is -2.19. The van der Waals surface area contributed by atoms with Gasteiger partial charge in [-0.2, -0.15) is 0 Å². The molecule has 1 rings (SSSR count). The second-order valence-corrected chi connectivity index (χ2v) is 7.17. The molecular weight excluding hydrogens is 365 g/mol. The fourth-order valence-corrected chi connectivity index (χ4v) is 4.46. The number of alkyl halides is 1. The Hall–Kier alpha value is -0.340. The lowest BCUT2D eigenvalue weighted by molar-refractivity contribution is 0.413. The van der Waals surface area contributed by atoms with Gasteiger partial charge in [-0.1, -0.05) is 22.6 Å². The molecule has 6 heteroatoms. The molecule has 0 radical (unpaired) electrons. The Bertz CT molecular complexity index is 505. The standard InChI is InChI=1S/C12H18INO3S/c1-9-7-11(17-4)8-10(2)12(9)18(15,16)14(3)6-5-13/h7-8H,5-6H2,1-4H3. The summed E-state index contributed by atoms with van der Waals surface area (Å²) in [5.41, 5.74) is 1.43. The van der Waals surface area contributed by atoms with Gasteiger partial charge in [0.05, 0.1) is 12.0 Å². The molecule has 0 heterocycles. The van der Waals surface area contributed by atoms with Gasteiger partial charge >= 0.3 is 0 Å². The third-order valence-corrected chi connectivity index (χ3v) is 5.38. The molecule has 1 aromatic rings. The van der Waals surface area contributed by atoms with Crippen molar-refractivity contribution < 1.29 is 13.2 Å². The van der Waals surface area contributed by atoms with Crippen molar-refractivity contribution in [3.63, 3.8) is 0 Å². The Labute approximate surface area is 123 Å². The molecule has 0 unspecified atom stereocenters. The Morgan fingerprint density at radius 1 is 1.28 bits per heavy atom. The summed E-state index contributed by atoms with van der Waals surface area (Å²) in [7, 11) is -0.232. The predicted molar refractivity (Wildman–Crippen MR) is 81.2 cm³/mol. The maximum absolute atomic E-state index is 12.4. The Balaban J connectivity index is 3.33. The molecule has 0 aliphatic heterocycles. The number of hydrogen-bond acceptors (Lipinski definition) is 3. The van der Waals surface area contributed by atoms with E-state index in [1.807, 2.05) is 0 Å². The van der Waals surface area contributed by atoms with Crippen LogP contribution in [0.4, 0.5) is 0 Å². The molecule has 4 nitrogen and oxygen atoms in total. The van der Waals surface area contributed by atoms with E-state index in [4.69, 9.17) is 4.74 Å². The Morgan fingerprint density at radius 3 is 2.17 bits per heavy atom. The molecule has 0 fully saturated rings. The molecule has 0 N–H and O–H groups in total. The quantitative estimate of drug-likeness (QED) is 0.580. The highest BCUT2D eigenvalue weighted by atomic mass is 127. The highest BCUT2D eigenvalue weighted by Gasteiger charge is 2.24.